The minimum atomic E-state index is -0.531. The zero-order valence-electron chi connectivity index (χ0n) is 21.6. The highest BCUT2D eigenvalue weighted by Gasteiger charge is 2.29. The number of rotatable bonds is 7. The van der Waals surface area contributed by atoms with Gasteiger partial charge in [-0.05, 0) is 78.1 Å². The minimum Gasteiger partial charge on any atom is -0.384 e. The van der Waals surface area contributed by atoms with E-state index in [2.05, 4.69) is 51.9 Å². The molecule has 190 valence electrons. The van der Waals surface area contributed by atoms with Gasteiger partial charge in [0.15, 0.2) is 0 Å². The summed E-state index contributed by atoms with van der Waals surface area (Å²) in [5, 5.41) is 19.4. The van der Waals surface area contributed by atoms with Crippen LogP contribution in [0.5, 0.6) is 0 Å². The van der Waals surface area contributed by atoms with Crippen LogP contribution in [0.2, 0.25) is 0 Å². The Morgan fingerprint density at radius 3 is 2.46 bits per heavy atom. The maximum absolute atomic E-state index is 11.0. The molecule has 0 aliphatic heterocycles. The van der Waals surface area contributed by atoms with E-state index in [0.29, 0.717) is 12.0 Å². The number of aromatic nitrogens is 2. The molecule has 1 atom stereocenters. The highest BCUT2D eigenvalue weighted by molar-refractivity contribution is 5.90. The lowest BCUT2D eigenvalue weighted by Crippen LogP contribution is -2.31. The molecule has 0 saturated heterocycles. The summed E-state index contributed by atoms with van der Waals surface area (Å²) in [5.74, 6) is 2.33. The first-order valence-corrected chi connectivity index (χ1v) is 13.4. The molecule has 3 N–H and O–H groups in total. The van der Waals surface area contributed by atoms with Gasteiger partial charge >= 0.3 is 0 Å². The second kappa shape index (κ2) is 10.1. The molecule has 2 aliphatic rings. The van der Waals surface area contributed by atoms with Crippen molar-refractivity contribution in [2.24, 2.45) is 5.92 Å². The number of para-hydroxylation sites is 1. The van der Waals surface area contributed by atoms with Crippen molar-refractivity contribution < 1.29 is 5.11 Å². The summed E-state index contributed by atoms with van der Waals surface area (Å²) in [5.41, 5.74) is 6.58. The van der Waals surface area contributed by atoms with E-state index in [1.807, 2.05) is 44.4 Å². The number of aliphatic hydroxyl groups is 1. The molecule has 0 radical (unpaired) electrons. The van der Waals surface area contributed by atoms with Crippen molar-refractivity contribution in [1.29, 1.82) is 0 Å². The van der Waals surface area contributed by atoms with Gasteiger partial charge in [-0.3, -0.25) is 0 Å². The van der Waals surface area contributed by atoms with Gasteiger partial charge < -0.3 is 20.6 Å². The van der Waals surface area contributed by atoms with Gasteiger partial charge in [0.1, 0.15) is 11.9 Å². The molecular weight excluding hydrogens is 458 g/mol. The van der Waals surface area contributed by atoms with Gasteiger partial charge in [-0.25, -0.2) is 4.98 Å². The lowest BCUT2D eigenvalue weighted by molar-refractivity contribution is 0.223. The van der Waals surface area contributed by atoms with Crippen molar-refractivity contribution in [3.8, 4) is 11.1 Å². The van der Waals surface area contributed by atoms with Crippen LogP contribution in [-0.4, -0.2) is 41.8 Å². The van der Waals surface area contributed by atoms with Crippen LogP contribution >= 0.6 is 0 Å². The maximum atomic E-state index is 11.0. The van der Waals surface area contributed by atoms with Crippen molar-refractivity contribution in [2.45, 2.75) is 44.4 Å². The number of fused-ring (bicyclic) bond motifs is 4. The number of hydrogen-bond donors (Lipinski definition) is 3. The van der Waals surface area contributed by atoms with Gasteiger partial charge in [-0.15, -0.1) is 0 Å². The Bertz CT molecular complexity index is 1410. The molecule has 0 bridgehead atoms. The van der Waals surface area contributed by atoms with Crippen molar-refractivity contribution in [3.05, 3.63) is 83.4 Å². The average molecular weight is 494 g/mol. The van der Waals surface area contributed by atoms with Gasteiger partial charge in [0.25, 0.3) is 0 Å². The van der Waals surface area contributed by atoms with E-state index in [0.717, 1.165) is 65.3 Å². The highest BCUT2D eigenvalue weighted by atomic mass is 16.3. The third kappa shape index (κ3) is 4.67. The molecule has 4 aromatic rings. The number of nitrogens with one attached hydrogen (secondary N) is 2. The van der Waals surface area contributed by atoms with E-state index < -0.39 is 6.10 Å². The van der Waals surface area contributed by atoms with Crippen LogP contribution in [0, 0.1) is 5.92 Å². The third-order valence-electron chi connectivity index (χ3n) is 7.95. The van der Waals surface area contributed by atoms with Gasteiger partial charge in [0, 0.05) is 32.1 Å². The smallest absolute Gasteiger partial charge is 0.225 e. The molecule has 6 rings (SSSR count). The average Bonchev–Trinajstić information content (AvgIpc) is 3.22. The predicted octanol–water partition coefficient (Wildman–Crippen LogP) is 5.52. The first-order chi connectivity index (χ1) is 18.1. The molecule has 37 heavy (non-hydrogen) atoms. The second-order valence-corrected chi connectivity index (χ2v) is 10.6. The summed E-state index contributed by atoms with van der Waals surface area (Å²) in [6.45, 7) is 1.78. The fourth-order valence-corrected chi connectivity index (χ4v) is 6.03. The zero-order chi connectivity index (χ0) is 25.4. The SMILES string of the molecule is CN(C)c1nc(NC2CCC(CNCc3cccc4c3C(O)c3ccccc3-4)CC2)nc2ccccc12. The largest absolute Gasteiger partial charge is 0.384 e. The third-order valence-corrected chi connectivity index (χ3v) is 7.95. The van der Waals surface area contributed by atoms with Gasteiger partial charge in [0.05, 0.1) is 5.52 Å². The number of aliphatic hydroxyl groups excluding tert-OH is 1. The summed E-state index contributed by atoms with van der Waals surface area (Å²) in [4.78, 5) is 11.7. The molecule has 1 saturated carbocycles. The molecule has 1 unspecified atom stereocenters. The van der Waals surface area contributed by atoms with Crippen molar-refractivity contribution in [2.75, 3.05) is 30.9 Å². The highest BCUT2D eigenvalue weighted by Crippen LogP contribution is 2.44. The molecule has 2 aliphatic carbocycles. The number of benzene rings is 3. The Balaban J connectivity index is 1.04. The van der Waals surface area contributed by atoms with Gasteiger partial charge in [-0.2, -0.15) is 4.98 Å². The lowest BCUT2D eigenvalue weighted by atomic mass is 9.86. The fourth-order valence-electron chi connectivity index (χ4n) is 6.03. The Hall–Kier alpha value is -3.48. The maximum Gasteiger partial charge on any atom is 0.225 e. The lowest BCUT2D eigenvalue weighted by Gasteiger charge is -2.29. The Morgan fingerprint density at radius 1 is 0.865 bits per heavy atom. The monoisotopic (exact) mass is 493 g/mol. The van der Waals surface area contributed by atoms with Crippen LogP contribution in [0.1, 0.15) is 48.5 Å². The number of anilines is 2. The summed E-state index contributed by atoms with van der Waals surface area (Å²) in [6, 6.07) is 23.2. The normalized spacial score (nSPS) is 20.5. The van der Waals surface area contributed by atoms with Crippen LogP contribution in [-0.2, 0) is 6.54 Å². The summed E-state index contributed by atoms with van der Waals surface area (Å²) < 4.78 is 0. The van der Waals surface area contributed by atoms with Crippen LogP contribution in [0.15, 0.2) is 66.7 Å². The van der Waals surface area contributed by atoms with E-state index in [4.69, 9.17) is 9.97 Å². The van der Waals surface area contributed by atoms with E-state index in [1.165, 1.54) is 24.0 Å². The van der Waals surface area contributed by atoms with E-state index in [1.54, 1.807) is 0 Å². The molecule has 0 spiro atoms. The van der Waals surface area contributed by atoms with Crippen LogP contribution in [0.4, 0.5) is 11.8 Å². The number of hydrogen-bond acceptors (Lipinski definition) is 6. The minimum absolute atomic E-state index is 0.401. The quantitative estimate of drug-likeness (QED) is 0.315. The molecule has 1 heterocycles. The van der Waals surface area contributed by atoms with E-state index in [9.17, 15) is 5.11 Å². The Kier molecular flexibility index (Phi) is 6.53. The van der Waals surface area contributed by atoms with E-state index >= 15 is 0 Å². The van der Waals surface area contributed by atoms with Crippen LogP contribution < -0.4 is 15.5 Å². The molecule has 1 aromatic heterocycles. The van der Waals surface area contributed by atoms with Crippen LogP contribution in [0.25, 0.3) is 22.0 Å². The van der Waals surface area contributed by atoms with Gasteiger partial charge in [0.2, 0.25) is 5.95 Å². The molecule has 1 fully saturated rings. The van der Waals surface area contributed by atoms with Crippen LogP contribution in [0.3, 0.4) is 0 Å². The molecule has 6 nitrogen and oxygen atoms in total. The first kappa shape index (κ1) is 23.9. The molecule has 3 aromatic carbocycles. The summed E-state index contributed by atoms with van der Waals surface area (Å²) in [6.07, 6.45) is 4.07. The Morgan fingerprint density at radius 2 is 1.62 bits per heavy atom. The summed E-state index contributed by atoms with van der Waals surface area (Å²) >= 11 is 0. The fraction of sp³-hybridized carbons (Fsp3) is 0.355. The first-order valence-electron chi connectivity index (χ1n) is 13.4. The summed E-state index contributed by atoms with van der Waals surface area (Å²) in [7, 11) is 4.06. The molecule has 6 heteroatoms. The molecular formula is C31H35N5O. The van der Waals surface area contributed by atoms with Crippen molar-refractivity contribution in [1.82, 2.24) is 15.3 Å². The second-order valence-electron chi connectivity index (χ2n) is 10.6. The Labute approximate surface area is 218 Å². The zero-order valence-corrected chi connectivity index (χ0v) is 21.6. The van der Waals surface area contributed by atoms with Crippen molar-refractivity contribution >= 4 is 22.7 Å². The standard InChI is InChI=1S/C31H35N5O/c1-36(2)30-26-11-5-6-13-27(26)34-31(35-30)33-22-16-14-20(15-17-22)18-32-19-21-8-7-12-24-23-9-3-4-10-25(23)29(37)28(21)24/h3-13,20,22,29,32,37H,14-19H2,1-2H3,(H,33,34,35). The van der Waals surface area contributed by atoms with E-state index in [-0.39, 0.29) is 0 Å². The van der Waals surface area contributed by atoms with Crippen molar-refractivity contribution in [3.63, 3.8) is 0 Å². The number of nitrogens with zero attached hydrogens (tertiary/aromatic N) is 3. The topological polar surface area (TPSA) is 73.3 Å². The predicted molar refractivity (Wildman–Crippen MR) is 151 cm³/mol. The molecule has 0 amide bonds. The van der Waals surface area contributed by atoms with Gasteiger partial charge in [-0.1, -0.05) is 54.6 Å².